The second-order valence-electron chi connectivity index (χ2n) is 33.7. The molecule has 0 saturated carbocycles. The van der Waals surface area contributed by atoms with E-state index < -0.39 is 15.6 Å². The van der Waals surface area contributed by atoms with E-state index in [9.17, 15) is 18.9 Å². The molecule has 12 nitrogen and oxygen atoms in total. The third-order valence-corrected chi connectivity index (χ3v) is 22.9. The van der Waals surface area contributed by atoms with Crippen molar-refractivity contribution in [1.29, 1.82) is 0 Å². The first-order valence-electron chi connectivity index (χ1n) is 43.1. The van der Waals surface area contributed by atoms with Crippen molar-refractivity contribution in [2.75, 3.05) is 95.0 Å². The fourth-order valence-electron chi connectivity index (χ4n) is 13.8. The molecule has 0 heterocycles. The molecule has 0 fully saturated rings. The molecule has 0 spiro atoms. The Labute approximate surface area is 612 Å². The molecule has 0 aliphatic rings. The topological polar surface area (TPSA) is 136 Å². The number of quaternary nitrogens is 2. The highest BCUT2D eigenvalue weighted by atomic mass is 31.2. The molecule has 0 aromatic rings. The van der Waals surface area contributed by atoms with Gasteiger partial charge in [-0.2, -0.15) is 0 Å². The maximum atomic E-state index is 12.6. The Morgan fingerprint density at radius 3 is 0.643 bits per heavy atom. The third-order valence-electron chi connectivity index (χ3n) is 20.9. The molecule has 0 aliphatic carbocycles. The number of rotatable bonds is 81. The number of hydrogen-bond acceptors (Lipinski definition) is 10. The summed E-state index contributed by atoms with van der Waals surface area (Å²) in [5.74, 6) is 3.45. The number of likely N-dealkylation sites (N-methyl/N-ethyl adjacent to an activating group) is 2. The van der Waals surface area contributed by atoms with Crippen molar-refractivity contribution in [1.82, 2.24) is 0 Å². The highest BCUT2D eigenvalue weighted by Gasteiger charge is 2.20. The van der Waals surface area contributed by atoms with Crippen LogP contribution in [0.2, 0.25) is 0 Å². The Kier molecular flexibility index (Phi) is 68.9. The summed E-state index contributed by atoms with van der Waals surface area (Å²) in [5.41, 5.74) is 0. The van der Waals surface area contributed by atoms with Gasteiger partial charge in [0.05, 0.1) is 67.7 Å². The molecule has 0 radical (unpaired) electrons. The van der Waals surface area contributed by atoms with Crippen LogP contribution in [-0.2, 0) is 36.7 Å². The Hall–Kier alpha value is 0.0600. The molecular weight excluding hydrogens is 1260 g/mol. The van der Waals surface area contributed by atoms with Gasteiger partial charge in [-0.05, 0) is 49.4 Å². The first-order chi connectivity index (χ1) is 47.1. The van der Waals surface area contributed by atoms with Crippen molar-refractivity contribution in [3.05, 3.63) is 0 Å². The van der Waals surface area contributed by atoms with Gasteiger partial charge in [0.15, 0.2) is 0 Å². The highest BCUT2D eigenvalue weighted by molar-refractivity contribution is 7.46. The first kappa shape index (κ1) is 98.1. The predicted molar refractivity (Wildman–Crippen MR) is 420 cm³/mol. The van der Waals surface area contributed by atoms with Gasteiger partial charge in [0.1, 0.15) is 26.3 Å². The van der Waals surface area contributed by atoms with Crippen LogP contribution in [0.4, 0.5) is 0 Å². The van der Waals surface area contributed by atoms with Crippen LogP contribution in [0.25, 0.3) is 0 Å². The maximum Gasteiger partial charge on any atom is 0.268 e. The molecule has 0 saturated heterocycles. The monoisotopic (exact) mass is 1430 g/mol. The van der Waals surface area contributed by atoms with E-state index in [0.717, 1.165) is 75.0 Å². The number of phosphoric ester groups is 2. The molecule has 0 rings (SSSR count). The highest BCUT2D eigenvalue weighted by Crippen LogP contribution is 2.40. The molecule has 0 amide bonds. The average Bonchev–Trinajstić information content (AvgIpc) is 1.00. The van der Waals surface area contributed by atoms with Crippen molar-refractivity contribution >= 4 is 15.6 Å². The van der Waals surface area contributed by atoms with Gasteiger partial charge in [-0.1, -0.05) is 388 Å². The lowest BCUT2D eigenvalue weighted by molar-refractivity contribution is -0.870. The summed E-state index contributed by atoms with van der Waals surface area (Å²) < 4.78 is 60.1. The lowest BCUT2D eigenvalue weighted by atomic mass is 9.95. The number of ether oxygens (including phenoxy) is 2. The van der Waals surface area contributed by atoms with Crippen LogP contribution in [0, 0.1) is 23.7 Å². The lowest BCUT2D eigenvalue weighted by Crippen LogP contribution is -2.37. The van der Waals surface area contributed by atoms with Crippen molar-refractivity contribution in [3.63, 3.8) is 0 Å². The SMILES string of the molecule is CCCCCC[C@@H](C)CCCCCCCCCO[C@@H](CCCCCCCCCCC(C)CCCCCCCCCCCCC(C)CCCCCCCCCC[C@@H](COP(=O)([O-])OCC[N+](C)(C)C)OCCCCCCCCC[C@H](C)CCCCCC)COP(=O)([O-])OCC[N+](C)(C)C. The molecule has 0 bridgehead atoms. The Balaban J connectivity index is 4.05. The summed E-state index contributed by atoms with van der Waals surface area (Å²) in [6.07, 6.45) is 75.2. The smallest absolute Gasteiger partial charge is 0.268 e. The van der Waals surface area contributed by atoms with E-state index in [1.54, 1.807) is 0 Å². The predicted octanol–water partition coefficient (Wildman–Crippen LogP) is 25.4. The van der Waals surface area contributed by atoms with Crippen LogP contribution in [0.1, 0.15) is 414 Å². The van der Waals surface area contributed by atoms with Gasteiger partial charge >= 0.3 is 0 Å². The summed E-state index contributed by atoms with van der Waals surface area (Å²) in [5, 5.41) is 0. The first-order valence-corrected chi connectivity index (χ1v) is 46.0. The van der Waals surface area contributed by atoms with Gasteiger partial charge in [-0.15, -0.1) is 0 Å². The molecule has 0 N–H and O–H groups in total. The molecule has 0 aliphatic heterocycles. The summed E-state index contributed by atoms with van der Waals surface area (Å²) >= 11 is 0. The van der Waals surface area contributed by atoms with Crippen LogP contribution in [0.3, 0.4) is 0 Å². The fourth-order valence-corrected chi connectivity index (χ4v) is 15.3. The molecule has 0 aromatic heterocycles. The molecule has 98 heavy (non-hydrogen) atoms. The van der Waals surface area contributed by atoms with Gasteiger partial charge in [-0.3, -0.25) is 9.13 Å². The second kappa shape index (κ2) is 68.8. The van der Waals surface area contributed by atoms with Crippen molar-refractivity contribution in [3.8, 4) is 0 Å². The van der Waals surface area contributed by atoms with Crippen LogP contribution in [0.15, 0.2) is 0 Å². The van der Waals surface area contributed by atoms with E-state index in [4.69, 9.17) is 27.6 Å². The molecule has 590 valence electrons. The van der Waals surface area contributed by atoms with Crippen molar-refractivity contribution < 1.29 is 55.5 Å². The molecule has 4 unspecified atom stereocenters. The van der Waals surface area contributed by atoms with Crippen LogP contribution < -0.4 is 9.79 Å². The third kappa shape index (κ3) is 75.7. The molecule has 14 heteroatoms. The summed E-state index contributed by atoms with van der Waals surface area (Å²) in [4.78, 5) is 25.2. The average molecular weight is 1430 g/mol. The standard InChI is InChI=1S/C84H174N2O10P2/c1-13-15-17-49-61-79(3)63-55-43-33-27-37-47-59-73-91-83(77-95-97(87,88)93-75-71-85(7,8)9)69-57-45-35-25-23-31-41-53-67-81(5)65-51-39-29-21-19-20-22-30-40-52-66-82(6)68-54-42-32-24-26-36-46-58-70-84(78-96-98(89,90)94-76-72-86(10,11)12)92-74-60-48-38-28-34-44-56-64-80(4)62-50-18-16-14-2/h79-84H,13-78H2,1-12H3/t79-,80-,81?,82?,83+,84+/m1/s1. The van der Waals surface area contributed by atoms with Crippen LogP contribution >= 0.6 is 15.6 Å². The van der Waals surface area contributed by atoms with Crippen LogP contribution in [-0.4, -0.2) is 116 Å². The normalized spacial score (nSPS) is 15.5. The molecule has 8 atom stereocenters. The number of nitrogens with zero attached hydrogens (tertiary/aromatic N) is 2. The van der Waals surface area contributed by atoms with Crippen LogP contribution in [0.5, 0.6) is 0 Å². The minimum absolute atomic E-state index is 0.0448. The minimum atomic E-state index is -4.36. The van der Waals surface area contributed by atoms with E-state index in [1.807, 2.05) is 42.3 Å². The quantitative estimate of drug-likeness (QED) is 0.0329. The van der Waals surface area contributed by atoms with Gasteiger partial charge in [0.25, 0.3) is 15.6 Å². The van der Waals surface area contributed by atoms with E-state index in [-0.39, 0.29) is 38.6 Å². The van der Waals surface area contributed by atoms with E-state index in [2.05, 4.69) is 41.5 Å². The molecular formula is C84H174N2O10P2. The van der Waals surface area contributed by atoms with Gasteiger partial charge in [0, 0.05) is 13.2 Å². The van der Waals surface area contributed by atoms with Gasteiger partial charge in [-0.25, -0.2) is 0 Å². The number of phosphoric acid groups is 2. The maximum absolute atomic E-state index is 12.6. The summed E-state index contributed by atoms with van der Waals surface area (Å²) in [6, 6.07) is 0. The summed E-state index contributed by atoms with van der Waals surface area (Å²) in [6.45, 7) is 17.3. The number of hydrogen-bond donors (Lipinski definition) is 0. The van der Waals surface area contributed by atoms with E-state index >= 15 is 0 Å². The molecule has 0 aromatic carbocycles. The minimum Gasteiger partial charge on any atom is -0.756 e. The zero-order valence-electron chi connectivity index (χ0n) is 68.0. The van der Waals surface area contributed by atoms with Crippen molar-refractivity contribution in [2.45, 2.75) is 426 Å². The lowest BCUT2D eigenvalue weighted by Gasteiger charge is -2.28. The Morgan fingerprint density at radius 2 is 0.439 bits per heavy atom. The van der Waals surface area contributed by atoms with E-state index in [1.165, 1.54) is 321 Å². The fraction of sp³-hybridized carbons (Fsp3) is 1.00. The summed E-state index contributed by atoms with van der Waals surface area (Å²) in [7, 11) is 3.39. The van der Waals surface area contributed by atoms with Gasteiger partial charge in [0.2, 0.25) is 0 Å². The zero-order chi connectivity index (χ0) is 72.4. The Morgan fingerprint density at radius 1 is 0.255 bits per heavy atom. The largest absolute Gasteiger partial charge is 0.756 e. The van der Waals surface area contributed by atoms with Crippen molar-refractivity contribution in [2.24, 2.45) is 23.7 Å². The second-order valence-corrected chi connectivity index (χ2v) is 36.6. The van der Waals surface area contributed by atoms with E-state index in [0.29, 0.717) is 35.3 Å². The van der Waals surface area contributed by atoms with Gasteiger partial charge < -0.3 is 46.3 Å². The number of unbranched alkanes of at least 4 members (excludes halogenated alkanes) is 41. The Bertz CT molecular complexity index is 1610. The zero-order valence-corrected chi connectivity index (χ0v) is 69.8.